The molecule has 1 N–H and O–H groups in total. The summed E-state index contributed by atoms with van der Waals surface area (Å²) in [5.41, 5.74) is 2.04. The summed E-state index contributed by atoms with van der Waals surface area (Å²) in [5.74, 6) is 0.172. The molecular weight excluding hydrogens is 312 g/mol. The molecule has 2 heterocycles. The molecule has 3 rings (SSSR count). The molecule has 2 fully saturated rings. The van der Waals surface area contributed by atoms with Crippen molar-refractivity contribution >= 4 is 11.6 Å². The average molecular weight is 345 g/mol. The number of hydrogen-bond donors (Lipinski definition) is 1. The number of carbonyl (C=O) groups is 1. The number of carbonyl (C=O) groups excluding carboxylic acids is 1. The van der Waals surface area contributed by atoms with Gasteiger partial charge in [-0.25, -0.2) is 0 Å². The maximum Gasteiger partial charge on any atom is 0.253 e. The first-order valence-electron chi connectivity index (χ1n) is 9.64. The van der Waals surface area contributed by atoms with E-state index in [0.29, 0.717) is 12.1 Å². The highest BCUT2D eigenvalue weighted by molar-refractivity contribution is 5.94. The first-order valence-corrected chi connectivity index (χ1v) is 9.64. The number of piperazine rings is 1. The molecule has 0 atom stereocenters. The van der Waals surface area contributed by atoms with E-state index in [1.54, 1.807) is 0 Å². The van der Waals surface area contributed by atoms with Gasteiger partial charge in [0.25, 0.3) is 5.91 Å². The van der Waals surface area contributed by atoms with Gasteiger partial charge in [-0.15, -0.1) is 0 Å². The number of piperidine rings is 1. The van der Waals surface area contributed by atoms with E-state index in [0.717, 1.165) is 57.7 Å². The Kier molecular flexibility index (Phi) is 5.97. The number of rotatable bonds is 4. The molecule has 2 aliphatic heterocycles. The van der Waals surface area contributed by atoms with Crippen LogP contribution >= 0.6 is 0 Å². The Hall–Kier alpha value is -1.59. The van der Waals surface area contributed by atoms with Crippen molar-refractivity contribution in [2.24, 2.45) is 0 Å². The van der Waals surface area contributed by atoms with Crippen molar-refractivity contribution in [1.82, 2.24) is 15.1 Å². The summed E-state index contributed by atoms with van der Waals surface area (Å²) in [4.78, 5) is 19.6. The Labute approximate surface area is 152 Å². The predicted octanol–water partition coefficient (Wildman–Crippen LogP) is 2.04. The predicted molar refractivity (Wildman–Crippen MR) is 103 cm³/mol. The van der Waals surface area contributed by atoms with Gasteiger partial charge in [0.15, 0.2) is 0 Å². The minimum atomic E-state index is 0.172. The molecule has 0 aliphatic carbocycles. The Morgan fingerprint density at radius 3 is 2.12 bits per heavy atom. The molecular formula is C20H32N4O. The average Bonchev–Trinajstić information content (AvgIpc) is 2.67. The van der Waals surface area contributed by atoms with Crippen molar-refractivity contribution in [3.05, 3.63) is 29.8 Å². The highest BCUT2D eigenvalue weighted by Crippen LogP contribution is 2.20. The summed E-state index contributed by atoms with van der Waals surface area (Å²) in [6, 6.07) is 9.38. The van der Waals surface area contributed by atoms with E-state index < -0.39 is 0 Å². The lowest BCUT2D eigenvalue weighted by Gasteiger charge is -2.38. The second-order valence-corrected chi connectivity index (χ2v) is 7.52. The third-order valence-corrected chi connectivity index (χ3v) is 5.71. The van der Waals surface area contributed by atoms with E-state index in [1.165, 1.54) is 5.69 Å². The van der Waals surface area contributed by atoms with Gasteiger partial charge < -0.3 is 15.1 Å². The van der Waals surface area contributed by atoms with Crippen LogP contribution in [-0.4, -0.2) is 74.1 Å². The Balaban J connectivity index is 1.56. The molecule has 2 aliphatic rings. The van der Waals surface area contributed by atoms with Gasteiger partial charge in [-0.2, -0.15) is 0 Å². The van der Waals surface area contributed by atoms with Crippen LogP contribution in [0.3, 0.4) is 0 Å². The number of nitrogens with zero attached hydrogens (tertiary/aromatic N) is 3. The molecule has 25 heavy (non-hydrogen) atoms. The van der Waals surface area contributed by atoms with Gasteiger partial charge in [0.2, 0.25) is 0 Å². The SMILES string of the molecule is CNC1CCN(C(=O)c2ccc(N3CCN(C(C)C)CC3)cc2)CC1. The lowest BCUT2D eigenvalue weighted by atomic mass is 10.0. The number of benzene rings is 1. The summed E-state index contributed by atoms with van der Waals surface area (Å²) >= 11 is 0. The number of anilines is 1. The number of amides is 1. The largest absolute Gasteiger partial charge is 0.369 e. The maximum absolute atomic E-state index is 12.7. The fourth-order valence-corrected chi connectivity index (χ4v) is 3.87. The van der Waals surface area contributed by atoms with E-state index in [-0.39, 0.29) is 5.91 Å². The van der Waals surface area contributed by atoms with Crippen LogP contribution < -0.4 is 10.2 Å². The monoisotopic (exact) mass is 344 g/mol. The zero-order chi connectivity index (χ0) is 17.8. The number of nitrogens with one attached hydrogen (secondary N) is 1. The summed E-state index contributed by atoms with van der Waals surface area (Å²) in [7, 11) is 2.00. The fourth-order valence-electron chi connectivity index (χ4n) is 3.87. The Bertz CT molecular complexity index is 556. The standard InChI is InChI=1S/C20H32N4O/c1-16(2)22-12-14-23(15-13-22)19-6-4-17(5-7-19)20(25)24-10-8-18(21-3)9-11-24/h4-7,16,18,21H,8-15H2,1-3H3. The van der Waals surface area contributed by atoms with Crippen LogP contribution in [0.5, 0.6) is 0 Å². The lowest BCUT2D eigenvalue weighted by Crippen LogP contribution is -2.48. The molecule has 1 amide bonds. The summed E-state index contributed by atoms with van der Waals surface area (Å²) in [6.07, 6.45) is 2.08. The topological polar surface area (TPSA) is 38.8 Å². The van der Waals surface area contributed by atoms with Crippen LogP contribution in [0.15, 0.2) is 24.3 Å². The zero-order valence-corrected chi connectivity index (χ0v) is 15.9. The minimum absolute atomic E-state index is 0.172. The van der Waals surface area contributed by atoms with E-state index in [4.69, 9.17) is 0 Å². The molecule has 2 saturated heterocycles. The van der Waals surface area contributed by atoms with Gasteiger partial charge >= 0.3 is 0 Å². The number of hydrogen-bond acceptors (Lipinski definition) is 4. The molecule has 0 aromatic heterocycles. The quantitative estimate of drug-likeness (QED) is 0.907. The Morgan fingerprint density at radius 2 is 1.60 bits per heavy atom. The highest BCUT2D eigenvalue weighted by Gasteiger charge is 2.23. The van der Waals surface area contributed by atoms with Crippen LogP contribution in [0.4, 0.5) is 5.69 Å². The normalized spacial score (nSPS) is 20.3. The van der Waals surface area contributed by atoms with Crippen LogP contribution in [0.1, 0.15) is 37.0 Å². The van der Waals surface area contributed by atoms with Crippen LogP contribution in [0.25, 0.3) is 0 Å². The third kappa shape index (κ3) is 4.33. The molecule has 138 valence electrons. The summed E-state index contributed by atoms with van der Waals surface area (Å²) in [5, 5.41) is 3.31. The highest BCUT2D eigenvalue weighted by atomic mass is 16.2. The van der Waals surface area contributed by atoms with E-state index in [9.17, 15) is 4.79 Å². The van der Waals surface area contributed by atoms with Crippen molar-refractivity contribution in [3.63, 3.8) is 0 Å². The molecule has 1 aromatic carbocycles. The van der Waals surface area contributed by atoms with Gasteiger partial charge in [-0.05, 0) is 58.0 Å². The van der Waals surface area contributed by atoms with E-state index >= 15 is 0 Å². The molecule has 0 radical (unpaired) electrons. The van der Waals surface area contributed by atoms with Gasteiger partial charge in [0, 0.05) is 62.6 Å². The van der Waals surface area contributed by atoms with Crippen molar-refractivity contribution < 1.29 is 4.79 Å². The maximum atomic E-state index is 12.7. The molecule has 5 nitrogen and oxygen atoms in total. The van der Waals surface area contributed by atoms with Crippen molar-refractivity contribution in [2.45, 2.75) is 38.8 Å². The first kappa shape index (κ1) is 18.2. The second-order valence-electron chi connectivity index (χ2n) is 7.52. The van der Waals surface area contributed by atoms with E-state index in [1.807, 2.05) is 24.1 Å². The van der Waals surface area contributed by atoms with Crippen LogP contribution in [-0.2, 0) is 0 Å². The lowest BCUT2D eigenvalue weighted by molar-refractivity contribution is 0.0707. The molecule has 5 heteroatoms. The smallest absolute Gasteiger partial charge is 0.253 e. The van der Waals surface area contributed by atoms with Crippen molar-refractivity contribution in [3.8, 4) is 0 Å². The van der Waals surface area contributed by atoms with E-state index in [2.05, 4.69) is 41.1 Å². The van der Waals surface area contributed by atoms with Gasteiger partial charge in [-0.3, -0.25) is 9.69 Å². The van der Waals surface area contributed by atoms with Gasteiger partial charge in [-0.1, -0.05) is 0 Å². The van der Waals surface area contributed by atoms with Crippen molar-refractivity contribution in [1.29, 1.82) is 0 Å². The summed E-state index contributed by atoms with van der Waals surface area (Å²) < 4.78 is 0. The summed E-state index contributed by atoms with van der Waals surface area (Å²) in [6.45, 7) is 10.6. The first-order chi connectivity index (χ1) is 12.1. The third-order valence-electron chi connectivity index (χ3n) is 5.71. The van der Waals surface area contributed by atoms with Gasteiger partial charge in [0.05, 0.1) is 0 Å². The second kappa shape index (κ2) is 8.19. The van der Waals surface area contributed by atoms with Crippen LogP contribution in [0.2, 0.25) is 0 Å². The molecule has 0 bridgehead atoms. The minimum Gasteiger partial charge on any atom is -0.369 e. The van der Waals surface area contributed by atoms with Crippen molar-refractivity contribution in [2.75, 3.05) is 51.2 Å². The number of likely N-dealkylation sites (tertiary alicyclic amines) is 1. The molecule has 1 aromatic rings. The van der Waals surface area contributed by atoms with Gasteiger partial charge in [0.1, 0.15) is 0 Å². The molecule has 0 spiro atoms. The zero-order valence-electron chi connectivity index (χ0n) is 15.9. The molecule has 0 saturated carbocycles. The molecule has 0 unspecified atom stereocenters. The van der Waals surface area contributed by atoms with Crippen LogP contribution in [0, 0.1) is 0 Å². The Morgan fingerprint density at radius 1 is 1.00 bits per heavy atom. The fraction of sp³-hybridized carbons (Fsp3) is 0.650.